The standard InChI is InChI=1S/C18H23N3O4/c1-4-9-19-17(22)10-20-18(23)14-7-5-6-8-16(14)24-11-15-12(2)21-25-13(15)3/h5-8H,4,9-11H2,1-3H3,(H,19,22)(H,20,23). The summed E-state index contributed by atoms with van der Waals surface area (Å²) in [6, 6.07) is 6.90. The molecule has 0 atom stereocenters. The Morgan fingerprint density at radius 2 is 1.96 bits per heavy atom. The maximum absolute atomic E-state index is 12.3. The van der Waals surface area contributed by atoms with Gasteiger partial charge in [0, 0.05) is 6.54 Å². The maximum atomic E-state index is 12.3. The van der Waals surface area contributed by atoms with E-state index in [2.05, 4.69) is 15.8 Å². The molecule has 2 N–H and O–H groups in total. The zero-order valence-electron chi connectivity index (χ0n) is 14.7. The Balaban J connectivity index is 1.99. The molecule has 0 aliphatic rings. The van der Waals surface area contributed by atoms with Crippen LogP contribution in [-0.2, 0) is 11.4 Å². The van der Waals surface area contributed by atoms with Crippen LogP contribution in [0, 0.1) is 13.8 Å². The van der Waals surface area contributed by atoms with Crippen LogP contribution in [0.5, 0.6) is 5.75 Å². The molecule has 1 heterocycles. The van der Waals surface area contributed by atoms with Gasteiger partial charge in [0.05, 0.1) is 23.4 Å². The molecule has 2 rings (SSSR count). The molecule has 1 aromatic carbocycles. The smallest absolute Gasteiger partial charge is 0.255 e. The molecule has 25 heavy (non-hydrogen) atoms. The molecule has 0 spiro atoms. The van der Waals surface area contributed by atoms with Crippen molar-refractivity contribution in [2.45, 2.75) is 33.8 Å². The van der Waals surface area contributed by atoms with Gasteiger partial charge in [0.15, 0.2) is 0 Å². The monoisotopic (exact) mass is 345 g/mol. The third-order valence-corrected chi connectivity index (χ3v) is 3.67. The minimum atomic E-state index is -0.360. The van der Waals surface area contributed by atoms with Crippen molar-refractivity contribution in [3.63, 3.8) is 0 Å². The van der Waals surface area contributed by atoms with Gasteiger partial charge < -0.3 is 19.9 Å². The van der Waals surface area contributed by atoms with E-state index in [4.69, 9.17) is 9.26 Å². The Labute approximate surface area is 146 Å². The maximum Gasteiger partial charge on any atom is 0.255 e. The van der Waals surface area contributed by atoms with Crippen molar-refractivity contribution in [1.82, 2.24) is 15.8 Å². The van der Waals surface area contributed by atoms with Gasteiger partial charge in [-0.15, -0.1) is 0 Å². The number of hydrogen-bond acceptors (Lipinski definition) is 5. The van der Waals surface area contributed by atoms with Gasteiger partial charge in [0.25, 0.3) is 5.91 Å². The average Bonchev–Trinajstić information content (AvgIpc) is 2.94. The summed E-state index contributed by atoms with van der Waals surface area (Å²) in [6.45, 7) is 6.38. The Morgan fingerprint density at radius 3 is 2.64 bits per heavy atom. The SMILES string of the molecule is CCCNC(=O)CNC(=O)c1ccccc1OCc1c(C)noc1C. The van der Waals surface area contributed by atoms with Crippen LogP contribution in [0.3, 0.4) is 0 Å². The predicted octanol–water partition coefficient (Wildman–Crippen LogP) is 2.13. The third-order valence-electron chi connectivity index (χ3n) is 3.67. The highest BCUT2D eigenvalue weighted by Crippen LogP contribution is 2.21. The normalized spacial score (nSPS) is 10.4. The van der Waals surface area contributed by atoms with Crippen LogP contribution in [0.15, 0.2) is 28.8 Å². The zero-order chi connectivity index (χ0) is 18.2. The Morgan fingerprint density at radius 1 is 1.20 bits per heavy atom. The highest BCUT2D eigenvalue weighted by atomic mass is 16.5. The molecule has 7 heteroatoms. The van der Waals surface area contributed by atoms with E-state index in [0.717, 1.165) is 17.7 Å². The zero-order valence-corrected chi connectivity index (χ0v) is 14.7. The van der Waals surface area contributed by atoms with Crippen molar-refractivity contribution >= 4 is 11.8 Å². The van der Waals surface area contributed by atoms with Crippen LogP contribution in [0.2, 0.25) is 0 Å². The van der Waals surface area contributed by atoms with Crippen molar-refractivity contribution < 1.29 is 18.8 Å². The van der Waals surface area contributed by atoms with Crippen molar-refractivity contribution in [2.24, 2.45) is 0 Å². The number of amides is 2. The van der Waals surface area contributed by atoms with Gasteiger partial charge in [-0.25, -0.2) is 0 Å². The molecule has 0 fully saturated rings. The first-order chi connectivity index (χ1) is 12.0. The van der Waals surface area contributed by atoms with Crippen LogP contribution >= 0.6 is 0 Å². The number of benzene rings is 1. The van der Waals surface area contributed by atoms with Crippen molar-refractivity contribution in [1.29, 1.82) is 0 Å². The van der Waals surface area contributed by atoms with E-state index in [-0.39, 0.29) is 25.0 Å². The van der Waals surface area contributed by atoms with Crippen LogP contribution in [-0.4, -0.2) is 30.1 Å². The Kier molecular flexibility index (Phi) is 6.56. The molecule has 0 aliphatic carbocycles. The second kappa shape index (κ2) is 8.86. The molecule has 134 valence electrons. The predicted molar refractivity (Wildman–Crippen MR) is 92.4 cm³/mol. The Bertz CT molecular complexity index is 720. The minimum absolute atomic E-state index is 0.0724. The topological polar surface area (TPSA) is 93.5 Å². The summed E-state index contributed by atoms with van der Waals surface area (Å²) >= 11 is 0. The molecule has 0 bridgehead atoms. The molecular formula is C18H23N3O4. The third kappa shape index (κ3) is 5.07. The molecule has 2 amide bonds. The number of aromatic nitrogens is 1. The second-order valence-corrected chi connectivity index (χ2v) is 5.62. The number of carbonyl (C=O) groups is 2. The number of carbonyl (C=O) groups excluding carboxylic acids is 2. The second-order valence-electron chi connectivity index (χ2n) is 5.62. The molecule has 0 aliphatic heterocycles. The van der Waals surface area contributed by atoms with Gasteiger partial charge in [0.1, 0.15) is 18.1 Å². The first kappa shape index (κ1) is 18.5. The van der Waals surface area contributed by atoms with E-state index < -0.39 is 0 Å². The number of ether oxygens (including phenoxy) is 1. The summed E-state index contributed by atoms with van der Waals surface area (Å²) in [5, 5.41) is 9.19. The lowest BCUT2D eigenvalue weighted by Gasteiger charge is -2.11. The summed E-state index contributed by atoms with van der Waals surface area (Å²) in [5.41, 5.74) is 1.98. The highest BCUT2D eigenvalue weighted by molar-refractivity contribution is 5.98. The summed E-state index contributed by atoms with van der Waals surface area (Å²) in [4.78, 5) is 23.9. The molecule has 0 saturated heterocycles. The summed E-state index contributed by atoms with van der Waals surface area (Å²) in [6.07, 6.45) is 0.845. The van der Waals surface area contributed by atoms with E-state index in [1.54, 1.807) is 24.3 Å². The number of rotatable bonds is 8. The van der Waals surface area contributed by atoms with E-state index >= 15 is 0 Å². The van der Waals surface area contributed by atoms with Crippen LogP contribution < -0.4 is 15.4 Å². The Hall–Kier alpha value is -2.83. The fraction of sp³-hybridized carbons (Fsp3) is 0.389. The minimum Gasteiger partial charge on any atom is -0.488 e. The molecule has 1 aromatic heterocycles. The fourth-order valence-corrected chi connectivity index (χ4v) is 2.22. The molecule has 2 aromatic rings. The van der Waals surface area contributed by atoms with Gasteiger partial charge in [-0.3, -0.25) is 9.59 Å². The van der Waals surface area contributed by atoms with Gasteiger partial charge >= 0.3 is 0 Å². The fourth-order valence-electron chi connectivity index (χ4n) is 2.22. The van der Waals surface area contributed by atoms with Crippen LogP contribution in [0.25, 0.3) is 0 Å². The highest BCUT2D eigenvalue weighted by Gasteiger charge is 2.15. The van der Waals surface area contributed by atoms with E-state index in [1.807, 2.05) is 20.8 Å². The lowest BCUT2D eigenvalue weighted by molar-refractivity contribution is -0.120. The molecule has 7 nitrogen and oxygen atoms in total. The van der Waals surface area contributed by atoms with Crippen molar-refractivity contribution in [2.75, 3.05) is 13.1 Å². The average molecular weight is 345 g/mol. The number of aryl methyl sites for hydroxylation is 2. The molecule has 0 unspecified atom stereocenters. The first-order valence-electron chi connectivity index (χ1n) is 8.21. The molecular weight excluding hydrogens is 322 g/mol. The first-order valence-corrected chi connectivity index (χ1v) is 8.21. The lowest BCUT2D eigenvalue weighted by atomic mass is 10.2. The van der Waals surface area contributed by atoms with Gasteiger partial charge in [-0.2, -0.15) is 0 Å². The number of nitrogens with zero attached hydrogens (tertiary/aromatic N) is 1. The quantitative estimate of drug-likeness (QED) is 0.764. The largest absolute Gasteiger partial charge is 0.488 e. The van der Waals surface area contributed by atoms with E-state index in [1.165, 1.54) is 0 Å². The lowest BCUT2D eigenvalue weighted by Crippen LogP contribution is -2.37. The van der Waals surface area contributed by atoms with E-state index in [9.17, 15) is 9.59 Å². The van der Waals surface area contributed by atoms with Crippen molar-refractivity contribution in [3.8, 4) is 5.75 Å². The molecule has 0 radical (unpaired) electrons. The van der Waals surface area contributed by atoms with E-state index in [0.29, 0.717) is 23.6 Å². The van der Waals surface area contributed by atoms with Crippen LogP contribution in [0.4, 0.5) is 0 Å². The van der Waals surface area contributed by atoms with Crippen LogP contribution in [0.1, 0.15) is 40.7 Å². The van der Waals surface area contributed by atoms with Crippen molar-refractivity contribution in [3.05, 3.63) is 46.8 Å². The summed E-state index contributed by atoms with van der Waals surface area (Å²) in [5.74, 6) is 0.548. The number of para-hydroxylation sites is 1. The molecule has 0 saturated carbocycles. The number of nitrogens with one attached hydrogen (secondary N) is 2. The van der Waals surface area contributed by atoms with Gasteiger partial charge in [-0.05, 0) is 32.4 Å². The summed E-state index contributed by atoms with van der Waals surface area (Å²) in [7, 11) is 0. The van der Waals surface area contributed by atoms with Gasteiger partial charge in [0.2, 0.25) is 5.91 Å². The summed E-state index contributed by atoms with van der Waals surface area (Å²) < 4.78 is 10.9. The number of hydrogen-bond donors (Lipinski definition) is 2. The van der Waals surface area contributed by atoms with Gasteiger partial charge in [-0.1, -0.05) is 24.2 Å².